The van der Waals surface area contributed by atoms with Gasteiger partial charge in [0.1, 0.15) is 0 Å². The van der Waals surface area contributed by atoms with Crippen LogP contribution in [0, 0.1) is 0 Å². The molecule has 2 atom stereocenters. The minimum absolute atomic E-state index is 0. The molecule has 2 N–H and O–H groups in total. The van der Waals surface area contributed by atoms with Gasteiger partial charge in [0, 0.05) is 11.9 Å². The molecule has 0 spiro atoms. The van der Waals surface area contributed by atoms with Crippen molar-refractivity contribution in [2.75, 3.05) is 0 Å². The zero-order chi connectivity index (χ0) is 31.5. The van der Waals surface area contributed by atoms with E-state index in [2.05, 4.69) is 38.2 Å². The zero-order valence-corrected chi connectivity index (χ0v) is 32.1. The van der Waals surface area contributed by atoms with Crippen molar-refractivity contribution >= 4 is 11.9 Å². The fourth-order valence-electron chi connectivity index (χ4n) is 4.72. The van der Waals surface area contributed by atoms with Gasteiger partial charge in [-0.25, -0.2) is 0 Å². The summed E-state index contributed by atoms with van der Waals surface area (Å²) in [4.78, 5) is 20.4. The summed E-state index contributed by atoms with van der Waals surface area (Å²) in [6, 6.07) is 0. The van der Waals surface area contributed by atoms with Crippen LogP contribution in [-0.4, -0.2) is 34.4 Å². The SMILES string of the molecule is CCCCCC[C@@H](O)C/C=C\CCCCCCCC(=O)[O-].CCCCCC[C@@H](O)C/C=C\CCCCCCCC(=O)[O-].[Cd+2]. The molecule has 0 rings (SSSR count). The summed E-state index contributed by atoms with van der Waals surface area (Å²) in [5.41, 5.74) is 0. The largest absolute Gasteiger partial charge is 2.00 e. The van der Waals surface area contributed by atoms with Gasteiger partial charge in [-0.15, -0.1) is 0 Å². The number of aliphatic carboxylic acids is 2. The van der Waals surface area contributed by atoms with Crippen molar-refractivity contribution in [2.45, 2.75) is 193 Å². The Bertz CT molecular complexity index is 583. The van der Waals surface area contributed by atoms with Crippen LogP contribution < -0.4 is 10.2 Å². The van der Waals surface area contributed by atoms with Crippen LogP contribution in [0.25, 0.3) is 0 Å². The average molecular weight is 707 g/mol. The molecule has 6 nitrogen and oxygen atoms in total. The zero-order valence-electron chi connectivity index (χ0n) is 28.1. The van der Waals surface area contributed by atoms with Gasteiger partial charge in [0.2, 0.25) is 0 Å². The third-order valence-corrected chi connectivity index (χ3v) is 7.43. The Morgan fingerprint density at radius 1 is 0.512 bits per heavy atom. The first-order valence-corrected chi connectivity index (χ1v) is 17.4. The molecule has 0 bridgehead atoms. The Labute approximate surface area is 285 Å². The topological polar surface area (TPSA) is 121 Å². The number of carboxylic acids is 2. The van der Waals surface area contributed by atoms with Crippen LogP contribution in [-0.2, 0) is 36.9 Å². The molecule has 0 radical (unpaired) electrons. The molecule has 0 aliphatic carbocycles. The summed E-state index contributed by atoms with van der Waals surface area (Å²) in [6.07, 6.45) is 34.0. The van der Waals surface area contributed by atoms with Crippen molar-refractivity contribution < 1.29 is 57.3 Å². The maximum absolute atomic E-state index is 10.2. The number of carboxylic acid groups (broad SMARTS) is 2. The van der Waals surface area contributed by atoms with E-state index in [4.69, 9.17) is 0 Å². The minimum atomic E-state index is -0.939. The molecule has 0 aromatic carbocycles. The predicted molar refractivity (Wildman–Crippen MR) is 172 cm³/mol. The maximum Gasteiger partial charge on any atom is 2.00 e. The third kappa shape index (κ3) is 45.8. The Hall–Kier alpha value is -0.738. The summed E-state index contributed by atoms with van der Waals surface area (Å²) in [6.45, 7) is 4.39. The van der Waals surface area contributed by atoms with E-state index in [0.717, 1.165) is 116 Å². The number of rotatable bonds is 30. The molecule has 0 aromatic heterocycles. The minimum Gasteiger partial charge on any atom is -0.550 e. The Balaban J connectivity index is -0.000000727. The number of carbonyl (C=O) groups is 2. The van der Waals surface area contributed by atoms with Crippen LogP contribution in [0.5, 0.6) is 0 Å². The summed E-state index contributed by atoms with van der Waals surface area (Å²) in [5, 5.41) is 40.0. The maximum atomic E-state index is 10.2. The van der Waals surface area contributed by atoms with E-state index >= 15 is 0 Å². The van der Waals surface area contributed by atoms with Gasteiger partial charge in [-0.05, 0) is 77.0 Å². The first-order chi connectivity index (χ1) is 20.3. The molecule has 0 heterocycles. The molecule has 0 saturated heterocycles. The second kappa shape index (κ2) is 39.3. The van der Waals surface area contributed by atoms with Crippen LogP contribution in [0.15, 0.2) is 24.3 Å². The van der Waals surface area contributed by atoms with Crippen molar-refractivity contribution in [1.29, 1.82) is 0 Å². The molecule has 0 aromatic rings. The summed E-state index contributed by atoms with van der Waals surface area (Å²) in [5.74, 6) is -1.88. The van der Waals surface area contributed by atoms with Crippen LogP contribution in [0.3, 0.4) is 0 Å². The molecule has 7 heteroatoms. The summed E-state index contributed by atoms with van der Waals surface area (Å²) in [7, 11) is 0. The fraction of sp³-hybridized carbons (Fsp3) is 0.833. The Morgan fingerprint density at radius 3 is 1.19 bits per heavy atom. The Morgan fingerprint density at radius 2 is 0.837 bits per heavy atom. The standard InChI is InChI=1S/2C18H34O3.Cd/c2*1-2-3-4-11-14-17(19)15-12-9-7-5-6-8-10-13-16-18(20)21;/h2*9,12,17,19H,2-8,10-11,13-16H2,1H3,(H,20,21);/q;;+2/p-2/b2*12-9-;/t2*17-;/m11./s1. The van der Waals surface area contributed by atoms with Crippen LogP contribution in [0.1, 0.15) is 181 Å². The van der Waals surface area contributed by atoms with Gasteiger partial charge >= 0.3 is 27.3 Å². The van der Waals surface area contributed by atoms with E-state index in [9.17, 15) is 30.0 Å². The number of aliphatic hydroxyl groups excluding tert-OH is 2. The number of hydrogen-bond acceptors (Lipinski definition) is 6. The summed E-state index contributed by atoms with van der Waals surface area (Å²) < 4.78 is 0. The van der Waals surface area contributed by atoms with Gasteiger partial charge in [0.25, 0.3) is 0 Å². The first kappa shape index (κ1) is 46.7. The number of allylic oxidation sites excluding steroid dienone is 2. The fourth-order valence-corrected chi connectivity index (χ4v) is 4.72. The van der Waals surface area contributed by atoms with Crippen molar-refractivity contribution in [1.82, 2.24) is 0 Å². The van der Waals surface area contributed by atoms with Crippen molar-refractivity contribution in [3.8, 4) is 0 Å². The van der Waals surface area contributed by atoms with Crippen molar-refractivity contribution in [2.24, 2.45) is 0 Å². The molecule has 0 unspecified atom stereocenters. The normalized spacial score (nSPS) is 12.6. The van der Waals surface area contributed by atoms with Crippen LogP contribution in [0.4, 0.5) is 0 Å². The molecule has 0 aliphatic rings. The number of unbranched alkanes of at least 4 members (excludes halogenated alkanes) is 16. The molecule has 0 fully saturated rings. The van der Waals surface area contributed by atoms with Crippen LogP contribution >= 0.6 is 0 Å². The predicted octanol–water partition coefficient (Wildman–Crippen LogP) is 7.49. The molecular weight excluding hydrogens is 641 g/mol. The number of carbonyl (C=O) groups excluding carboxylic acids is 2. The smallest absolute Gasteiger partial charge is 0.550 e. The van der Waals surface area contributed by atoms with E-state index in [0.29, 0.717) is 0 Å². The van der Waals surface area contributed by atoms with Crippen LogP contribution in [0.2, 0.25) is 0 Å². The van der Waals surface area contributed by atoms with Gasteiger partial charge in [0.15, 0.2) is 0 Å². The monoisotopic (exact) mass is 708 g/mol. The van der Waals surface area contributed by atoms with Gasteiger partial charge in [-0.1, -0.05) is 128 Å². The second-order valence-corrected chi connectivity index (χ2v) is 11.8. The van der Waals surface area contributed by atoms with E-state index in [1.807, 2.05) is 0 Å². The van der Waals surface area contributed by atoms with E-state index < -0.39 is 11.9 Å². The average Bonchev–Trinajstić information content (AvgIpc) is 2.95. The molecular formula is C36H66CdO6. The summed E-state index contributed by atoms with van der Waals surface area (Å²) >= 11 is 0. The third-order valence-electron chi connectivity index (χ3n) is 7.43. The molecule has 0 aliphatic heterocycles. The van der Waals surface area contributed by atoms with E-state index in [-0.39, 0.29) is 52.3 Å². The first-order valence-electron chi connectivity index (χ1n) is 17.4. The molecule has 43 heavy (non-hydrogen) atoms. The van der Waals surface area contributed by atoms with Gasteiger partial charge in [0.05, 0.1) is 12.2 Å². The number of hydrogen-bond donors (Lipinski definition) is 2. The van der Waals surface area contributed by atoms with Gasteiger partial charge < -0.3 is 30.0 Å². The number of aliphatic hydroxyl groups is 2. The van der Waals surface area contributed by atoms with Gasteiger partial charge in [-0.3, -0.25) is 0 Å². The van der Waals surface area contributed by atoms with Crippen molar-refractivity contribution in [3.05, 3.63) is 24.3 Å². The molecule has 0 saturated carbocycles. The van der Waals surface area contributed by atoms with Crippen molar-refractivity contribution in [3.63, 3.8) is 0 Å². The van der Waals surface area contributed by atoms with E-state index in [1.54, 1.807) is 0 Å². The molecule has 248 valence electrons. The van der Waals surface area contributed by atoms with Gasteiger partial charge in [-0.2, -0.15) is 0 Å². The van der Waals surface area contributed by atoms with E-state index in [1.165, 1.54) is 38.5 Å². The quantitative estimate of drug-likeness (QED) is 0.0454. The Kier molecular flexibility index (Phi) is 42.6. The molecule has 0 amide bonds. The second-order valence-electron chi connectivity index (χ2n) is 11.8.